The molecule has 0 bridgehead atoms. The van der Waals surface area contributed by atoms with E-state index in [1.807, 2.05) is 0 Å². The van der Waals surface area contributed by atoms with E-state index in [0.29, 0.717) is 23.1 Å². The van der Waals surface area contributed by atoms with Gasteiger partial charge in [-0.15, -0.1) is 0 Å². The fraction of sp³-hybridized carbons (Fsp3) is 0.417. The van der Waals surface area contributed by atoms with Crippen LogP contribution in [0.25, 0.3) is 0 Å². The summed E-state index contributed by atoms with van der Waals surface area (Å²) in [5.41, 5.74) is 0.292. The SMILES string of the molecule is COC1CCN(C(=O)c2cc(Br)cc(S(N)(=O)=O)c2)C1. The van der Waals surface area contributed by atoms with Gasteiger partial charge in [-0.1, -0.05) is 15.9 Å². The van der Waals surface area contributed by atoms with Gasteiger partial charge in [-0.25, -0.2) is 13.6 Å². The molecule has 1 aliphatic rings. The number of carbonyl (C=O) groups is 1. The molecule has 110 valence electrons. The van der Waals surface area contributed by atoms with Crippen LogP contribution in [0.4, 0.5) is 0 Å². The van der Waals surface area contributed by atoms with Crippen LogP contribution in [0.2, 0.25) is 0 Å². The number of amides is 1. The Hall–Kier alpha value is -0.960. The average Bonchev–Trinajstić information content (AvgIpc) is 2.84. The van der Waals surface area contributed by atoms with Crippen molar-refractivity contribution in [2.45, 2.75) is 17.4 Å². The summed E-state index contributed by atoms with van der Waals surface area (Å²) in [6, 6.07) is 4.24. The summed E-state index contributed by atoms with van der Waals surface area (Å²) in [5.74, 6) is -0.226. The van der Waals surface area contributed by atoms with E-state index < -0.39 is 10.0 Å². The molecule has 2 N–H and O–H groups in total. The molecular formula is C12H15BrN2O4S. The maximum absolute atomic E-state index is 12.4. The molecule has 1 amide bonds. The Morgan fingerprint density at radius 3 is 2.70 bits per heavy atom. The number of nitrogens with two attached hydrogens (primary N) is 1. The van der Waals surface area contributed by atoms with E-state index in [1.54, 1.807) is 18.1 Å². The third-order valence-electron chi connectivity index (χ3n) is 3.21. The van der Waals surface area contributed by atoms with Gasteiger partial charge in [0.05, 0.1) is 11.0 Å². The normalized spacial score (nSPS) is 19.4. The van der Waals surface area contributed by atoms with Crippen molar-refractivity contribution >= 4 is 31.9 Å². The Morgan fingerprint density at radius 1 is 1.45 bits per heavy atom. The van der Waals surface area contributed by atoms with Gasteiger partial charge >= 0.3 is 0 Å². The van der Waals surface area contributed by atoms with Gasteiger partial charge < -0.3 is 9.64 Å². The van der Waals surface area contributed by atoms with Crippen LogP contribution in [0.3, 0.4) is 0 Å². The fourth-order valence-electron chi connectivity index (χ4n) is 2.14. The van der Waals surface area contributed by atoms with Crippen LogP contribution in [0, 0.1) is 0 Å². The number of hydrogen-bond donors (Lipinski definition) is 1. The first-order valence-electron chi connectivity index (χ1n) is 5.96. The van der Waals surface area contributed by atoms with Crippen LogP contribution >= 0.6 is 15.9 Å². The molecule has 2 rings (SSSR count). The molecule has 1 heterocycles. The van der Waals surface area contributed by atoms with E-state index >= 15 is 0 Å². The first-order valence-corrected chi connectivity index (χ1v) is 8.30. The molecular weight excluding hydrogens is 348 g/mol. The monoisotopic (exact) mass is 362 g/mol. The first kappa shape index (κ1) is 15.4. The Bertz CT molecular complexity index is 632. The zero-order chi connectivity index (χ0) is 14.9. The molecule has 1 aliphatic heterocycles. The minimum atomic E-state index is -3.85. The molecule has 1 aromatic carbocycles. The van der Waals surface area contributed by atoms with Crippen molar-refractivity contribution < 1.29 is 17.9 Å². The summed E-state index contributed by atoms with van der Waals surface area (Å²) in [6.07, 6.45) is 0.807. The molecule has 1 atom stereocenters. The molecule has 1 saturated heterocycles. The average molecular weight is 363 g/mol. The number of methoxy groups -OCH3 is 1. The van der Waals surface area contributed by atoms with E-state index in [4.69, 9.17) is 9.88 Å². The Kier molecular flexibility index (Phi) is 4.48. The zero-order valence-electron chi connectivity index (χ0n) is 10.9. The Balaban J connectivity index is 2.29. The number of halogens is 1. The maximum atomic E-state index is 12.4. The number of likely N-dealkylation sites (tertiary alicyclic amines) is 1. The van der Waals surface area contributed by atoms with Crippen molar-refractivity contribution in [1.82, 2.24) is 4.90 Å². The molecule has 20 heavy (non-hydrogen) atoms. The molecule has 0 aliphatic carbocycles. The molecule has 0 spiro atoms. The summed E-state index contributed by atoms with van der Waals surface area (Å²) < 4.78 is 28.5. The lowest BCUT2D eigenvalue weighted by atomic mass is 10.2. The van der Waals surface area contributed by atoms with Crippen molar-refractivity contribution in [2.75, 3.05) is 20.2 Å². The third kappa shape index (κ3) is 3.38. The van der Waals surface area contributed by atoms with Crippen LogP contribution in [0.15, 0.2) is 27.6 Å². The molecule has 0 radical (unpaired) electrons. The van der Waals surface area contributed by atoms with E-state index in [9.17, 15) is 13.2 Å². The topological polar surface area (TPSA) is 89.7 Å². The second-order valence-corrected chi connectivity index (χ2v) is 7.10. The highest BCUT2D eigenvalue weighted by molar-refractivity contribution is 9.10. The van der Waals surface area contributed by atoms with Crippen molar-refractivity contribution in [3.8, 4) is 0 Å². The van der Waals surface area contributed by atoms with Gasteiger partial charge in [0.25, 0.3) is 5.91 Å². The van der Waals surface area contributed by atoms with Gasteiger partial charge in [0.1, 0.15) is 0 Å². The van der Waals surface area contributed by atoms with Gasteiger partial charge in [-0.2, -0.15) is 0 Å². The van der Waals surface area contributed by atoms with Crippen molar-refractivity contribution in [2.24, 2.45) is 5.14 Å². The van der Waals surface area contributed by atoms with Crippen LogP contribution in [-0.4, -0.2) is 45.5 Å². The van der Waals surface area contributed by atoms with E-state index in [2.05, 4.69) is 15.9 Å². The van der Waals surface area contributed by atoms with Gasteiger partial charge in [0, 0.05) is 30.2 Å². The highest BCUT2D eigenvalue weighted by Crippen LogP contribution is 2.22. The number of sulfonamides is 1. The minimum Gasteiger partial charge on any atom is -0.380 e. The molecule has 6 nitrogen and oxygen atoms in total. The summed E-state index contributed by atoms with van der Waals surface area (Å²) in [4.78, 5) is 13.9. The summed E-state index contributed by atoms with van der Waals surface area (Å²) in [5, 5.41) is 5.10. The molecule has 8 heteroatoms. The molecule has 1 fully saturated rings. The Labute approximate surface area is 126 Å². The highest BCUT2D eigenvalue weighted by Gasteiger charge is 2.27. The highest BCUT2D eigenvalue weighted by atomic mass is 79.9. The lowest BCUT2D eigenvalue weighted by Gasteiger charge is -2.16. The number of primary sulfonamides is 1. The number of rotatable bonds is 3. The third-order valence-corrected chi connectivity index (χ3v) is 4.56. The van der Waals surface area contributed by atoms with Crippen LogP contribution < -0.4 is 5.14 Å². The van der Waals surface area contributed by atoms with E-state index in [-0.39, 0.29) is 16.9 Å². The number of nitrogens with zero attached hydrogens (tertiary/aromatic N) is 1. The van der Waals surface area contributed by atoms with Crippen LogP contribution in [0.1, 0.15) is 16.8 Å². The van der Waals surface area contributed by atoms with Crippen molar-refractivity contribution in [1.29, 1.82) is 0 Å². The first-order chi connectivity index (χ1) is 9.31. The molecule has 0 saturated carbocycles. The molecule has 1 aromatic rings. The predicted octanol–water partition coefficient (Wildman–Crippen LogP) is 0.957. The largest absolute Gasteiger partial charge is 0.380 e. The quantitative estimate of drug-likeness (QED) is 0.866. The zero-order valence-corrected chi connectivity index (χ0v) is 13.3. The summed E-state index contributed by atoms with van der Waals surface area (Å²) in [6.45, 7) is 1.10. The van der Waals surface area contributed by atoms with Crippen LogP contribution in [-0.2, 0) is 14.8 Å². The molecule has 1 unspecified atom stereocenters. The van der Waals surface area contributed by atoms with Crippen LogP contribution in [0.5, 0.6) is 0 Å². The van der Waals surface area contributed by atoms with Gasteiger partial charge in [-0.05, 0) is 24.6 Å². The number of ether oxygens (including phenoxy) is 1. The molecule has 0 aromatic heterocycles. The van der Waals surface area contributed by atoms with Gasteiger partial charge in [0.15, 0.2) is 0 Å². The minimum absolute atomic E-state index is 0.0313. The lowest BCUT2D eigenvalue weighted by molar-refractivity contribution is 0.0724. The smallest absolute Gasteiger partial charge is 0.254 e. The van der Waals surface area contributed by atoms with Crippen molar-refractivity contribution in [3.05, 3.63) is 28.2 Å². The standard InChI is InChI=1S/C12H15BrN2O4S/c1-19-10-2-3-15(7-10)12(16)8-4-9(13)6-11(5-8)20(14,17)18/h4-6,10H,2-3,7H2,1H3,(H2,14,17,18). The van der Waals surface area contributed by atoms with E-state index in [1.165, 1.54) is 12.1 Å². The summed E-state index contributed by atoms with van der Waals surface area (Å²) >= 11 is 3.19. The number of carbonyl (C=O) groups excluding carboxylic acids is 1. The Morgan fingerprint density at radius 2 is 2.15 bits per heavy atom. The number of benzene rings is 1. The maximum Gasteiger partial charge on any atom is 0.254 e. The van der Waals surface area contributed by atoms with E-state index in [0.717, 1.165) is 6.42 Å². The van der Waals surface area contributed by atoms with Gasteiger partial charge in [-0.3, -0.25) is 4.79 Å². The lowest BCUT2D eigenvalue weighted by Crippen LogP contribution is -2.30. The predicted molar refractivity (Wildman–Crippen MR) is 76.8 cm³/mol. The van der Waals surface area contributed by atoms with Crippen molar-refractivity contribution in [3.63, 3.8) is 0 Å². The second-order valence-electron chi connectivity index (χ2n) is 4.62. The fourth-order valence-corrected chi connectivity index (χ4v) is 3.37. The van der Waals surface area contributed by atoms with Gasteiger partial charge in [0.2, 0.25) is 10.0 Å². The second kappa shape index (κ2) is 5.80. The number of hydrogen-bond acceptors (Lipinski definition) is 4. The summed E-state index contributed by atoms with van der Waals surface area (Å²) in [7, 11) is -2.24.